The van der Waals surface area contributed by atoms with Crippen molar-refractivity contribution in [2.45, 2.75) is 10.8 Å². The zero-order valence-corrected chi connectivity index (χ0v) is 9.92. The Bertz CT molecular complexity index is 416. The van der Waals surface area contributed by atoms with E-state index in [-0.39, 0.29) is 28.2 Å². The molecule has 80 valence electrons. The lowest BCUT2D eigenvalue weighted by Crippen LogP contribution is -1.99. The summed E-state index contributed by atoms with van der Waals surface area (Å²) in [6, 6.07) is 4.11. The molecule has 1 aromatic carbocycles. The van der Waals surface area contributed by atoms with Crippen molar-refractivity contribution in [2.24, 2.45) is 0 Å². The van der Waals surface area contributed by atoms with Gasteiger partial charge in [0.15, 0.2) is 0 Å². The van der Waals surface area contributed by atoms with Gasteiger partial charge in [-0.15, -0.1) is 24.0 Å². The summed E-state index contributed by atoms with van der Waals surface area (Å²) in [6.45, 7) is 0. The summed E-state index contributed by atoms with van der Waals surface area (Å²) in [7, 11) is -4.23. The molecule has 0 bridgehead atoms. The Morgan fingerprint density at radius 1 is 1.36 bits per heavy atom. The highest BCUT2D eigenvalue weighted by atomic mass is 35.5. The molecule has 0 amide bonds. The fourth-order valence-corrected chi connectivity index (χ4v) is 2.04. The van der Waals surface area contributed by atoms with Crippen molar-refractivity contribution in [3.05, 3.63) is 28.8 Å². The molecule has 0 atom stereocenters. The highest BCUT2D eigenvalue weighted by Gasteiger charge is 2.13. The first-order valence-corrected chi connectivity index (χ1v) is 5.62. The molecule has 3 nitrogen and oxygen atoms in total. The third-order valence-electron chi connectivity index (χ3n) is 1.43. The first kappa shape index (κ1) is 14.0. The zero-order valence-electron chi connectivity index (χ0n) is 6.78. The smallest absolute Gasteiger partial charge is 0.282 e. The number of hydrogen-bond donors (Lipinski definition) is 1. The van der Waals surface area contributed by atoms with Gasteiger partial charge in [0, 0.05) is 5.88 Å². The van der Waals surface area contributed by atoms with Crippen molar-refractivity contribution in [2.75, 3.05) is 0 Å². The van der Waals surface area contributed by atoms with Gasteiger partial charge in [-0.2, -0.15) is 8.42 Å². The van der Waals surface area contributed by atoms with Crippen LogP contribution in [0.15, 0.2) is 23.1 Å². The highest BCUT2D eigenvalue weighted by Crippen LogP contribution is 2.22. The minimum atomic E-state index is -4.23. The molecular weight excluding hydrogens is 270 g/mol. The van der Waals surface area contributed by atoms with E-state index in [1.165, 1.54) is 18.2 Å². The van der Waals surface area contributed by atoms with Gasteiger partial charge in [0.2, 0.25) is 0 Å². The van der Waals surface area contributed by atoms with Crippen molar-refractivity contribution in [1.29, 1.82) is 0 Å². The minimum absolute atomic E-state index is 0. The van der Waals surface area contributed by atoms with E-state index < -0.39 is 10.1 Å². The molecule has 0 heterocycles. The van der Waals surface area contributed by atoms with E-state index in [9.17, 15) is 8.42 Å². The highest BCUT2D eigenvalue weighted by molar-refractivity contribution is 7.86. The fraction of sp³-hybridized carbons (Fsp3) is 0.143. The molecule has 7 heteroatoms. The third-order valence-corrected chi connectivity index (χ3v) is 3.07. The molecule has 0 aromatic heterocycles. The van der Waals surface area contributed by atoms with Crippen molar-refractivity contribution in [3.63, 3.8) is 0 Å². The molecule has 14 heavy (non-hydrogen) atoms. The SMILES string of the molecule is Cl.O=S(=O)(O)c1ccc(CCl)cc1Cl. The van der Waals surface area contributed by atoms with Crippen LogP contribution in [0.4, 0.5) is 0 Å². The van der Waals surface area contributed by atoms with Crippen LogP contribution in [-0.4, -0.2) is 13.0 Å². The van der Waals surface area contributed by atoms with Crippen LogP contribution in [0.25, 0.3) is 0 Å². The van der Waals surface area contributed by atoms with Crippen molar-refractivity contribution >= 4 is 45.7 Å². The van der Waals surface area contributed by atoms with Gasteiger partial charge in [0.25, 0.3) is 10.1 Å². The van der Waals surface area contributed by atoms with Crippen LogP contribution < -0.4 is 0 Å². The van der Waals surface area contributed by atoms with E-state index in [4.69, 9.17) is 27.8 Å². The summed E-state index contributed by atoms with van der Waals surface area (Å²) in [5, 5.41) is -0.0272. The summed E-state index contributed by atoms with van der Waals surface area (Å²) in [6.07, 6.45) is 0. The molecule has 0 fully saturated rings. The summed E-state index contributed by atoms with van der Waals surface area (Å²) in [5.74, 6) is 0.242. The zero-order chi connectivity index (χ0) is 10.1. The van der Waals surface area contributed by atoms with Crippen molar-refractivity contribution in [3.8, 4) is 0 Å². The number of hydrogen-bond acceptors (Lipinski definition) is 2. The Hall–Kier alpha value is -0.000000000000000111. The fourth-order valence-electron chi connectivity index (χ4n) is 0.837. The predicted octanol–water partition coefficient (Wildman–Crippen LogP) is 2.75. The van der Waals surface area contributed by atoms with Gasteiger partial charge >= 0.3 is 0 Å². The molecule has 0 radical (unpaired) electrons. The lowest BCUT2D eigenvalue weighted by atomic mass is 10.2. The number of alkyl halides is 1. The molecule has 1 rings (SSSR count). The van der Waals surface area contributed by atoms with E-state index >= 15 is 0 Å². The Labute approximate surface area is 98.2 Å². The lowest BCUT2D eigenvalue weighted by molar-refractivity contribution is 0.483. The standard InChI is InChI=1S/C7H6Cl2O3S.ClH/c8-4-5-1-2-7(6(9)3-5)13(10,11)12;/h1-3H,4H2,(H,10,11,12);1H. The normalized spacial score (nSPS) is 10.8. The Morgan fingerprint density at radius 2 is 1.93 bits per heavy atom. The maximum Gasteiger partial charge on any atom is 0.296 e. The Morgan fingerprint density at radius 3 is 2.29 bits per heavy atom. The minimum Gasteiger partial charge on any atom is -0.282 e. The van der Waals surface area contributed by atoms with Gasteiger partial charge in [-0.1, -0.05) is 17.7 Å². The first-order valence-electron chi connectivity index (χ1n) is 3.27. The molecule has 0 spiro atoms. The van der Waals surface area contributed by atoms with Gasteiger partial charge in [-0.3, -0.25) is 4.55 Å². The van der Waals surface area contributed by atoms with Gasteiger partial charge in [0.1, 0.15) is 4.90 Å². The quantitative estimate of drug-likeness (QED) is 0.668. The van der Waals surface area contributed by atoms with Crippen LogP contribution in [-0.2, 0) is 16.0 Å². The number of benzene rings is 1. The monoisotopic (exact) mass is 276 g/mol. The van der Waals surface area contributed by atoms with Gasteiger partial charge in [-0.25, -0.2) is 0 Å². The maximum absolute atomic E-state index is 10.7. The van der Waals surface area contributed by atoms with E-state index in [1.54, 1.807) is 0 Å². The molecular formula is C7H7Cl3O3S. The van der Waals surface area contributed by atoms with Crippen LogP contribution in [0, 0.1) is 0 Å². The van der Waals surface area contributed by atoms with Crippen LogP contribution >= 0.6 is 35.6 Å². The summed E-state index contributed by atoms with van der Waals surface area (Å²) in [4.78, 5) is -0.303. The van der Waals surface area contributed by atoms with Crippen molar-refractivity contribution in [1.82, 2.24) is 0 Å². The summed E-state index contributed by atoms with van der Waals surface area (Å²) >= 11 is 11.1. The molecule has 0 saturated heterocycles. The van der Waals surface area contributed by atoms with Crippen LogP contribution in [0.3, 0.4) is 0 Å². The van der Waals surface area contributed by atoms with E-state index in [2.05, 4.69) is 0 Å². The van der Waals surface area contributed by atoms with Gasteiger partial charge < -0.3 is 0 Å². The van der Waals surface area contributed by atoms with E-state index in [0.717, 1.165) is 0 Å². The Kier molecular flexibility index (Phi) is 5.19. The number of rotatable bonds is 2. The predicted molar refractivity (Wildman–Crippen MR) is 58.1 cm³/mol. The molecule has 0 saturated carbocycles. The van der Waals surface area contributed by atoms with Gasteiger partial charge in [-0.05, 0) is 17.7 Å². The largest absolute Gasteiger partial charge is 0.296 e. The maximum atomic E-state index is 10.7. The molecule has 0 aliphatic rings. The van der Waals surface area contributed by atoms with Crippen LogP contribution in [0.5, 0.6) is 0 Å². The van der Waals surface area contributed by atoms with Crippen LogP contribution in [0.2, 0.25) is 5.02 Å². The number of halogens is 3. The third kappa shape index (κ3) is 3.29. The first-order chi connectivity index (χ1) is 5.95. The molecule has 0 aliphatic heterocycles. The van der Waals surface area contributed by atoms with E-state index in [1.807, 2.05) is 0 Å². The van der Waals surface area contributed by atoms with E-state index in [0.29, 0.717) is 5.56 Å². The van der Waals surface area contributed by atoms with Gasteiger partial charge in [0.05, 0.1) is 5.02 Å². The summed E-state index contributed by atoms with van der Waals surface area (Å²) < 4.78 is 30.1. The second-order valence-electron chi connectivity index (χ2n) is 2.37. The average Bonchev–Trinajstić information content (AvgIpc) is 2.01. The van der Waals surface area contributed by atoms with Crippen molar-refractivity contribution < 1.29 is 13.0 Å². The summed E-state index contributed by atoms with van der Waals surface area (Å²) in [5.41, 5.74) is 0.694. The Balaban J connectivity index is 0.00000169. The molecule has 0 aliphatic carbocycles. The lowest BCUT2D eigenvalue weighted by Gasteiger charge is -2.01. The average molecular weight is 278 g/mol. The molecule has 1 aromatic rings. The second-order valence-corrected chi connectivity index (χ2v) is 4.44. The molecule has 1 N–H and O–H groups in total. The van der Waals surface area contributed by atoms with Crippen LogP contribution in [0.1, 0.15) is 5.56 Å². The molecule has 0 unspecified atom stereocenters. The topological polar surface area (TPSA) is 54.4 Å². The second kappa shape index (κ2) is 5.19.